The lowest BCUT2D eigenvalue weighted by molar-refractivity contribution is 0.101. The van der Waals surface area contributed by atoms with Crippen LogP contribution in [-0.4, -0.2) is 43.1 Å². The number of ketones is 1. The van der Waals surface area contributed by atoms with Crippen molar-refractivity contribution < 1.29 is 19.2 Å². The number of ether oxygens (including phenoxy) is 1. The lowest BCUT2D eigenvalue weighted by Crippen LogP contribution is -2.19. The third-order valence-corrected chi connectivity index (χ3v) is 3.00. The average molecular weight is 290 g/mol. The molecule has 0 bridgehead atoms. The molecule has 112 valence electrons. The smallest absolute Gasteiger partial charge is 0.266 e. The number of carbonyl (C=O) groups excluding carboxylic acids is 1. The van der Waals surface area contributed by atoms with Gasteiger partial charge in [-0.05, 0) is 44.4 Å². The predicted octanol–water partition coefficient (Wildman–Crippen LogP) is 1.87. The summed E-state index contributed by atoms with van der Waals surface area (Å²) in [6.45, 7) is 2.75. The zero-order chi connectivity index (χ0) is 15.4. The third kappa shape index (κ3) is 3.61. The molecule has 2 rings (SSSR count). The number of hydrogen-bond acceptors (Lipinski definition) is 6. The number of likely N-dealkylation sites (N-methyl/N-ethyl adjacent to an activating group) is 1. The molecule has 1 aromatic heterocycles. The van der Waals surface area contributed by atoms with Gasteiger partial charge in [0.2, 0.25) is 0 Å². The largest absolute Gasteiger partial charge is 0.492 e. The maximum absolute atomic E-state index is 11.5. The van der Waals surface area contributed by atoms with Crippen molar-refractivity contribution >= 4 is 16.8 Å². The second-order valence-electron chi connectivity index (χ2n) is 4.97. The summed E-state index contributed by atoms with van der Waals surface area (Å²) >= 11 is 0. The van der Waals surface area contributed by atoms with Crippen LogP contribution in [0.3, 0.4) is 0 Å². The quantitative estimate of drug-likeness (QED) is 0.517. The van der Waals surface area contributed by atoms with Gasteiger partial charge in [-0.25, -0.2) is 0 Å². The third-order valence-electron chi connectivity index (χ3n) is 3.00. The highest BCUT2D eigenvalue weighted by Gasteiger charge is 2.09. The summed E-state index contributed by atoms with van der Waals surface area (Å²) in [7, 11) is 3.94. The first-order valence-corrected chi connectivity index (χ1v) is 6.55. The number of fused-ring (bicyclic) bond motifs is 1. The van der Waals surface area contributed by atoms with Crippen LogP contribution in [0.15, 0.2) is 33.8 Å². The van der Waals surface area contributed by atoms with E-state index in [-0.39, 0.29) is 16.9 Å². The van der Waals surface area contributed by atoms with Gasteiger partial charge in [0.1, 0.15) is 17.9 Å². The Balaban J connectivity index is 2.35. The van der Waals surface area contributed by atoms with E-state index in [1.54, 1.807) is 18.2 Å². The van der Waals surface area contributed by atoms with Gasteiger partial charge in [-0.2, -0.15) is 0 Å². The summed E-state index contributed by atoms with van der Waals surface area (Å²) in [4.78, 5) is 13.5. The standard InChI is InChI=1S/C15H18N2O4/c1-10(18)13-8-11-4-5-12(20-7-6-17(2)3)9-14(11)21-15(13)16-19/h4-5,8-9,19H,6-7H2,1-3H3. The Morgan fingerprint density at radius 2 is 2.14 bits per heavy atom. The number of carbonyl (C=O) groups is 1. The number of hydrogen-bond donors (Lipinski definition) is 1. The first kappa shape index (κ1) is 15.1. The van der Waals surface area contributed by atoms with Crippen LogP contribution in [0.1, 0.15) is 17.3 Å². The van der Waals surface area contributed by atoms with Crippen molar-refractivity contribution in [2.24, 2.45) is 5.16 Å². The summed E-state index contributed by atoms with van der Waals surface area (Å²) in [6.07, 6.45) is 0. The zero-order valence-electron chi connectivity index (χ0n) is 12.3. The van der Waals surface area contributed by atoms with E-state index in [0.717, 1.165) is 11.9 Å². The summed E-state index contributed by atoms with van der Waals surface area (Å²) in [6, 6.07) is 6.97. The van der Waals surface area contributed by atoms with Crippen LogP contribution < -0.4 is 10.3 Å². The molecule has 0 atom stereocenters. The molecule has 0 aliphatic heterocycles. The molecule has 1 heterocycles. The van der Waals surface area contributed by atoms with Crippen molar-refractivity contribution in [3.8, 4) is 5.75 Å². The Labute approximate surface area is 122 Å². The molecule has 2 aromatic rings. The lowest BCUT2D eigenvalue weighted by Gasteiger charge is -2.11. The Hall–Kier alpha value is -2.34. The van der Waals surface area contributed by atoms with Gasteiger partial charge in [0.05, 0.1) is 5.56 Å². The van der Waals surface area contributed by atoms with Crippen LogP contribution in [0.5, 0.6) is 5.75 Å². The van der Waals surface area contributed by atoms with Gasteiger partial charge < -0.3 is 19.3 Å². The Morgan fingerprint density at radius 3 is 2.76 bits per heavy atom. The topological polar surface area (TPSA) is 75.3 Å². The van der Waals surface area contributed by atoms with E-state index in [4.69, 9.17) is 14.4 Å². The maximum atomic E-state index is 11.5. The lowest BCUT2D eigenvalue weighted by atomic mass is 10.1. The van der Waals surface area contributed by atoms with Crippen LogP contribution in [0.4, 0.5) is 0 Å². The van der Waals surface area contributed by atoms with Crippen molar-refractivity contribution in [1.29, 1.82) is 0 Å². The van der Waals surface area contributed by atoms with Crippen LogP contribution in [0, 0.1) is 0 Å². The monoisotopic (exact) mass is 290 g/mol. The minimum atomic E-state index is -0.222. The van der Waals surface area contributed by atoms with Gasteiger partial charge in [0.15, 0.2) is 5.78 Å². The van der Waals surface area contributed by atoms with Crippen molar-refractivity contribution in [1.82, 2.24) is 4.90 Å². The van der Waals surface area contributed by atoms with E-state index in [0.29, 0.717) is 17.9 Å². The Morgan fingerprint density at radius 1 is 1.38 bits per heavy atom. The maximum Gasteiger partial charge on any atom is 0.266 e. The van der Waals surface area contributed by atoms with Gasteiger partial charge in [-0.3, -0.25) is 4.79 Å². The number of nitrogens with zero attached hydrogens (tertiary/aromatic N) is 2. The van der Waals surface area contributed by atoms with E-state index >= 15 is 0 Å². The van der Waals surface area contributed by atoms with E-state index < -0.39 is 0 Å². The van der Waals surface area contributed by atoms with Crippen molar-refractivity contribution in [2.75, 3.05) is 27.2 Å². The minimum Gasteiger partial charge on any atom is -0.492 e. The predicted molar refractivity (Wildman–Crippen MR) is 77.6 cm³/mol. The number of Topliss-reactive ketones (excluding diaryl/α,β-unsaturated/α-hetero) is 1. The Kier molecular flexibility index (Phi) is 4.59. The molecule has 0 saturated heterocycles. The van der Waals surface area contributed by atoms with E-state index in [1.807, 2.05) is 25.1 Å². The molecule has 6 nitrogen and oxygen atoms in total. The van der Waals surface area contributed by atoms with Crippen molar-refractivity contribution in [2.45, 2.75) is 6.92 Å². The van der Waals surface area contributed by atoms with Crippen molar-refractivity contribution in [3.63, 3.8) is 0 Å². The molecule has 0 radical (unpaired) electrons. The molecule has 0 saturated carbocycles. The highest BCUT2D eigenvalue weighted by Crippen LogP contribution is 2.20. The molecule has 0 fully saturated rings. The zero-order valence-corrected chi connectivity index (χ0v) is 12.3. The highest BCUT2D eigenvalue weighted by atomic mass is 16.5. The molecule has 0 amide bonds. The van der Waals surface area contributed by atoms with E-state index in [2.05, 4.69) is 5.16 Å². The molecule has 1 N–H and O–H groups in total. The minimum absolute atomic E-state index is 0.0968. The molecular formula is C15H18N2O4. The van der Waals surface area contributed by atoms with Gasteiger partial charge in [-0.15, -0.1) is 0 Å². The average Bonchev–Trinajstić information content (AvgIpc) is 2.45. The van der Waals surface area contributed by atoms with Crippen LogP contribution in [-0.2, 0) is 0 Å². The van der Waals surface area contributed by atoms with Crippen molar-refractivity contribution in [3.05, 3.63) is 35.4 Å². The molecule has 0 unspecified atom stereocenters. The molecule has 0 spiro atoms. The van der Waals surface area contributed by atoms with Crippen LogP contribution in [0.25, 0.3) is 11.0 Å². The molecule has 1 aromatic carbocycles. The second-order valence-corrected chi connectivity index (χ2v) is 4.97. The van der Waals surface area contributed by atoms with Gasteiger partial charge in [-0.1, -0.05) is 0 Å². The van der Waals surface area contributed by atoms with Gasteiger partial charge >= 0.3 is 0 Å². The number of rotatable bonds is 5. The number of benzene rings is 1. The van der Waals surface area contributed by atoms with Gasteiger partial charge in [0.25, 0.3) is 5.55 Å². The van der Waals surface area contributed by atoms with Crippen LogP contribution in [0.2, 0.25) is 0 Å². The van der Waals surface area contributed by atoms with Crippen LogP contribution >= 0.6 is 0 Å². The summed E-state index contributed by atoms with van der Waals surface area (Å²) in [5, 5.41) is 12.7. The fourth-order valence-electron chi connectivity index (χ4n) is 1.86. The first-order chi connectivity index (χ1) is 10.0. The molecule has 0 aliphatic carbocycles. The normalized spacial score (nSPS) is 12.1. The summed E-state index contributed by atoms with van der Waals surface area (Å²) < 4.78 is 11.1. The highest BCUT2D eigenvalue weighted by molar-refractivity contribution is 5.96. The summed E-state index contributed by atoms with van der Waals surface area (Å²) in [5.74, 6) is 0.437. The fraction of sp³-hybridized carbons (Fsp3) is 0.333. The SMILES string of the molecule is CC(=O)c1cc2ccc(OCCN(C)C)cc2oc1=NO. The molecule has 6 heteroatoms. The molecule has 0 aliphatic rings. The second kappa shape index (κ2) is 6.41. The first-order valence-electron chi connectivity index (χ1n) is 6.55. The molecule has 21 heavy (non-hydrogen) atoms. The van der Waals surface area contributed by atoms with E-state index in [1.165, 1.54) is 6.92 Å². The van der Waals surface area contributed by atoms with E-state index in [9.17, 15) is 4.79 Å². The molecular weight excluding hydrogens is 272 g/mol. The fourth-order valence-corrected chi connectivity index (χ4v) is 1.86. The Bertz CT molecular complexity index is 719. The summed E-state index contributed by atoms with van der Waals surface area (Å²) in [5.41, 5.74) is 0.641. The van der Waals surface area contributed by atoms with Gasteiger partial charge in [0, 0.05) is 18.0 Å².